The number of aryl methyl sites for hydroxylation is 1. The van der Waals surface area contributed by atoms with E-state index in [1.807, 2.05) is 60.1 Å². The van der Waals surface area contributed by atoms with Crippen LogP contribution in [0.4, 0.5) is 11.4 Å². The smallest absolute Gasteiger partial charge is 0.323 e. The Labute approximate surface area is 154 Å². The summed E-state index contributed by atoms with van der Waals surface area (Å²) in [5, 5.41) is 15.6. The van der Waals surface area contributed by atoms with Gasteiger partial charge in [-0.15, -0.1) is 0 Å². The van der Waals surface area contributed by atoms with Gasteiger partial charge < -0.3 is 14.6 Å². The lowest BCUT2D eigenvalue weighted by molar-refractivity contribution is -0.137. The van der Waals surface area contributed by atoms with Crippen LogP contribution in [0.5, 0.6) is 0 Å². The molecule has 2 aromatic carbocycles. The monoisotopic (exact) mass is 362 g/mol. The summed E-state index contributed by atoms with van der Waals surface area (Å²) in [6.45, 7) is -0.367. The third-order valence-electron chi connectivity index (χ3n) is 4.77. The van der Waals surface area contributed by atoms with Crippen LogP contribution >= 0.6 is 0 Å². The average molecular weight is 362 g/mol. The predicted octanol–water partition coefficient (Wildman–Crippen LogP) is 2.74. The Morgan fingerprint density at radius 1 is 1.19 bits per heavy atom. The maximum Gasteiger partial charge on any atom is 0.323 e. The molecule has 0 amide bonds. The summed E-state index contributed by atoms with van der Waals surface area (Å²) >= 11 is 0. The number of pyridine rings is 1. The number of benzene rings is 2. The summed E-state index contributed by atoms with van der Waals surface area (Å²) < 4.78 is 3.02. The number of carboxylic acids is 1. The molecule has 4 rings (SSSR count). The van der Waals surface area contributed by atoms with Crippen molar-refractivity contribution in [2.45, 2.75) is 6.54 Å². The van der Waals surface area contributed by atoms with Crippen LogP contribution in [0.2, 0.25) is 0 Å². The molecule has 0 radical (unpaired) electrons. The number of anilines is 2. The van der Waals surface area contributed by atoms with Crippen molar-refractivity contribution in [1.82, 2.24) is 14.3 Å². The van der Waals surface area contributed by atoms with E-state index in [4.69, 9.17) is 5.11 Å². The van der Waals surface area contributed by atoms with Gasteiger partial charge in [0.25, 0.3) is 5.56 Å². The number of aliphatic carboxylic acids is 1. The van der Waals surface area contributed by atoms with Gasteiger partial charge in [0.15, 0.2) is 0 Å². The maximum absolute atomic E-state index is 12.9. The van der Waals surface area contributed by atoms with Gasteiger partial charge in [0.2, 0.25) is 0 Å². The third-order valence-corrected chi connectivity index (χ3v) is 4.77. The van der Waals surface area contributed by atoms with Crippen LogP contribution in [0.25, 0.3) is 21.7 Å². The first-order valence-corrected chi connectivity index (χ1v) is 8.45. The summed E-state index contributed by atoms with van der Waals surface area (Å²) in [6.07, 6.45) is 3.32. The number of fused-ring (bicyclic) bond motifs is 2. The Hall–Kier alpha value is -3.61. The largest absolute Gasteiger partial charge is 0.480 e. The molecule has 136 valence electrons. The second-order valence-electron chi connectivity index (χ2n) is 6.45. The number of carbonyl (C=O) groups is 1. The van der Waals surface area contributed by atoms with Gasteiger partial charge in [0, 0.05) is 31.4 Å². The first-order valence-electron chi connectivity index (χ1n) is 8.45. The molecule has 1 N–H and O–H groups in total. The zero-order valence-electron chi connectivity index (χ0n) is 15.0. The summed E-state index contributed by atoms with van der Waals surface area (Å²) in [5.74, 6) is -1.05. The van der Waals surface area contributed by atoms with E-state index in [9.17, 15) is 9.59 Å². The Balaban J connectivity index is 1.88. The van der Waals surface area contributed by atoms with Crippen molar-refractivity contribution in [2.24, 2.45) is 7.05 Å². The van der Waals surface area contributed by atoms with Gasteiger partial charge >= 0.3 is 5.97 Å². The first-order chi connectivity index (χ1) is 13.0. The lowest BCUT2D eigenvalue weighted by Crippen LogP contribution is -2.25. The number of hydrogen-bond donors (Lipinski definition) is 1. The molecule has 0 aliphatic heterocycles. The highest BCUT2D eigenvalue weighted by Gasteiger charge is 2.14. The quantitative estimate of drug-likeness (QED) is 0.604. The molecule has 0 fully saturated rings. The zero-order chi connectivity index (χ0) is 19.1. The van der Waals surface area contributed by atoms with Crippen LogP contribution < -0.4 is 10.5 Å². The second kappa shape index (κ2) is 6.28. The molecule has 0 saturated carbocycles. The average Bonchev–Trinajstić information content (AvgIpc) is 3.03. The lowest BCUT2D eigenvalue weighted by atomic mass is 10.1. The molecule has 0 bridgehead atoms. The van der Waals surface area contributed by atoms with Crippen LogP contribution in [0.3, 0.4) is 0 Å². The molecule has 0 aliphatic carbocycles. The van der Waals surface area contributed by atoms with Crippen molar-refractivity contribution < 1.29 is 9.90 Å². The van der Waals surface area contributed by atoms with Crippen LogP contribution in [-0.4, -0.2) is 32.5 Å². The molecular weight excluding hydrogens is 344 g/mol. The van der Waals surface area contributed by atoms with E-state index in [1.165, 1.54) is 10.8 Å². The van der Waals surface area contributed by atoms with Crippen molar-refractivity contribution >= 4 is 39.0 Å². The van der Waals surface area contributed by atoms with Crippen molar-refractivity contribution in [3.8, 4) is 0 Å². The van der Waals surface area contributed by atoms with Gasteiger partial charge in [0.05, 0.1) is 22.8 Å². The molecular formula is C20H18N4O3. The minimum atomic E-state index is -1.05. The van der Waals surface area contributed by atoms with Gasteiger partial charge in [-0.1, -0.05) is 12.1 Å². The molecule has 0 saturated heterocycles. The number of aromatic nitrogens is 3. The summed E-state index contributed by atoms with van der Waals surface area (Å²) in [4.78, 5) is 25.9. The molecule has 7 heteroatoms. The van der Waals surface area contributed by atoms with Gasteiger partial charge in [-0.05, 0) is 35.7 Å². The minimum Gasteiger partial charge on any atom is -0.480 e. The van der Waals surface area contributed by atoms with E-state index in [1.54, 1.807) is 12.3 Å². The highest BCUT2D eigenvalue weighted by molar-refractivity contribution is 5.96. The van der Waals surface area contributed by atoms with Crippen molar-refractivity contribution in [1.29, 1.82) is 0 Å². The third kappa shape index (κ3) is 2.83. The zero-order valence-corrected chi connectivity index (χ0v) is 15.0. The molecule has 0 spiro atoms. The lowest BCUT2D eigenvalue weighted by Gasteiger charge is -2.21. The van der Waals surface area contributed by atoms with Crippen molar-refractivity contribution in [3.63, 3.8) is 0 Å². The summed E-state index contributed by atoms with van der Waals surface area (Å²) in [7, 11) is 3.78. The Kier molecular flexibility index (Phi) is 3.92. The van der Waals surface area contributed by atoms with Gasteiger partial charge in [-0.2, -0.15) is 5.10 Å². The van der Waals surface area contributed by atoms with E-state index >= 15 is 0 Å². The maximum atomic E-state index is 12.9. The number of nitrogens with zero attached hydrogens (tertiary/aromatic N) is 4. The molecule has 4 aromatic rings. The van der Waals surface area contributed by atoms with E-state index in [0.717, 1.165) is 27.7 Å². The molecule has 0 atom stereocenters. The topological polar surface area (TPSA) is 80.4 Å². The van der Waals surface area contributed by atoms with Crippen LogP contribution in [0.15, 0.2) is 59.7 Å². The Morgan fingerprint density at radius 3 is 2.78 bits per heavy atom. The van der Waals surface area contributed by atoms with E-state index in [-0.39, 0.29) is 12.1 Å². The fourth-order valence-electron chi connectivity index (χ4n) is 3.36. The highest BCUT2D eigenvalue weighted by Crippen LogP contribution is 2.30. The SMILES string of the molecule is CN(c1ccc2c(cnn2C)c1)c1cccc2ccn(CC(=O)O)c(=O)c12. The number of rotatable bonds is 4. The van der Waals surface area contributed by atoms with Gasteiger partial charge in [0.1, 0.15) is 6.54 Å². The van der Waals surface area contributed by atoms with Gasteiger partial charge in [-0.25, -0.2) is 0 Å². The molecule has 0 aliphatic rings. The number of hydrogen-bond acceptors (Lipinski definition) is 4. The predicted molar refractivity (Wildman–Crippen MR) is 105 cm³/mol. The normalized spacial score (nSPS) is 11.2. The molecule has 7 nitrogen and oxygen atoms in total. The minimum absolute atomic E-state index is 0.320. The first kappa shape index (κ1) is 16.8. The van der Waals surface area contributed by atoms with E-state index in [0.29, 0.717) is 5.39 Å². The fourth-order valence-corrected chi connectivity index (χ4v) is 3.36. The Morgan fingerprint density at radius 2 is 2.00 bits per heavy atom. The van der Waals surface area contributed by atoms with Crippen molar-refractivity contribution in [3.05, 3.63) is 65.2 Å². The van der Waals surface area contributed by atoms with Crippen molar-refractivity contribution in [2.75, 3.05) is 11.9 Å². The van der Waals surface area contributed by atoms with E-state index in [2.05, 4.69) is 5.10 Å². The van der Waals surface area contributed by atoms with E-state index < -0.39 is 5.97 Å². The van der Waals surface area contributed by atoms with Crippen LogP contribution in [0, 0.1) is 0 Å². The molecule has 27 heavy (non-hydrogen) atoms. The second-order valence-corrected chi connectivity index (χ2v) is 6.45. The Bertz CT molecular complexity index is 1240. The van der Waals surface area contributed by atoms with Crippen LogP contribution in [-0.2, 0) is 18.4 Å². The molecule has 2 heterocycles. The fraction of sp³-hybridized carbons (Fsp3) is 0.150. The van der Waals surface area contributed by atoms with Crippen LogP contribution in [0.1, 0.15) is 0 Å². The standard InChI is InChI=1S/C20H18N4O3/c1-22(15-6-7-16-14(10-15)11-21-23(16)2)17-5-3-4-13-8-9-24(12-18(25)26)20(27)19(13)17/h3-11H,12H2,1-2H3,(H,25,26). The molecule has 0 unspecified atom stereocenters. The van der Waals surface area contributed by atoms with Gasteiger partial charge in [-0.3, -0.25) is 14.3 Å². The number of carboxylic acid groups (broad SMARTS) is 1. The molecule has 2 aromatic heterocycles. The summed E-state index contributed by atoms with van der Waals surface area (Å²) in [6, 6.07) is 13.3. The highest BCUT2D eigenvalue weighted by atomic mass is 16.4. The summed E-state index contributed by atoms with van der Waals surface area (Å²) in [5.41, 5.74) is 2.34.